The van der Waals surface area contributed by atoms with E-state index in [1.165, 1.54) is 0 Å². The van der Waals surface area contributed by atoms with Gasteiger partial charge in [0.1, 0.15) is 0 Å². The van der Waals surface area contributed by atoms with Gasteiger partial charge in [-0.25, -0.2) is 4.79 Å². The van der Waals surface area contributed by atoms with Crippen molar-refractivity contribution in [2.24, 2.45) is 0 Å². The number of carboxylic acid groups (broad SMARTS) is 1. The van der Waals surface area contributed by atoms with Crippen LogP contribution in [0.1, 0.15) is 28.2 Å². The summed E-state index contributed by atoms with van der Waals surface area (Å²) in [4.78, 5) is 11.0. The van der Waals surface area contributed by atoms with E-state index in [0.717, 1.165) is 24.2 Å². The maximum atomic E-state index is 11.0. The Balaban J connectivity index is 2.38. The summed E-state index contributed by atoms with van der Waals surface area (Å²) < 4.78 is 1.66. The molecule has 2 rings (SSSR count). The fourth-order valence-corrected chi connectivity index (χ4v) is 1.93. The Morgan fingerprint density at radius 2 is 2.50 bits per heavy atom. The van der Waals surface area contributed by atoms with Gasteiger partial charge in [0.2, 0.25) is 0 Å². The van der Waals surface area contributed by atoms with Crippen molar-refractivity contribution in [1.82, 2.24) is 15.1 Å². The molecule has 0 atom stereocenters. The highest BCUT2D eigenvalue weighted by molar-refractivity contribution is 5.87. The highest BCUT2D eigenvalue weighted by Crippen LogP contribution is 2.18. The second kappa shape index (κ2) is 4.33. The van der Waals surface area contributed by atoms with Crippen LogP contribution < -0.4 is 5.32 Å². The number of carbonyl (C=O) groups is 1. The molecule has 0 unspecified atom stereocenters. The van der Waals surface area contributed by atoms with E-state index in [-0.39, 0.29) is 5.69 Å². The number of fused-ring (bicyclic) bond motifs is 1. The number of hydrogen-bond acceptors (Lipinski definition) is 4. The average Bonchev–Trinajstić information content (AvgIpc) is 2.65. The van der Waals surface area contributed by atoms with Crippen molar-refractivity contribution in [1.29, 1.82) is 5.26 Å². The number of nitriles is 1. The molecule has 0 amide bonds. The summed E-state index contributed by atoms with van der Waals surface area (Å²) in [6.07, 6.45) is 1.11. The van der Waals surface area contributed by atoms with Crippen LogP contribution in [0.25, 0.3) is 0 Å². The molecular weight excluding hydrogens is 208 g/mol. The maximum absolute atomic E-state index is 11.0. The molecule has 0 aromatic carbocycles. The molecule has 0 fully saturated rings. The molecule has 1 aliphatic heterocycles. The Morgan fingerprint density at radius 3 is 3.19 bits per heavy atom. The number of aromatic nitrogens is 2. The van der Waals surface area contributed by atoms with Crippen LogP contribution in [0.15, 0.2) is 0 Å². The highest BCUT2D eigenvalue weighted by atomic mass is 16.4. The largest absolute Gasteiger partial charge is 0.476 e. The lowest BCUT2D eigenvalue weighted by atomic mass is 10.1. The molecule has 2 heterocycles. The molecule has 6 heteroatoms. The van der Waals surface area contributed by atoms with Gasteiger partial charge in [0.25, 0.3) is 0 Å². The predicted octanol–water partition coefficient (Wildman–Crippen LogP) is 0.141. The molecule has 6 nitrogen and oxygen atoms in total. The number of nitrogens with one attached hydrogen (secondary N) is 1. The minimum Gasteiger partial charge on any atom is -0.476 e. The van der Waals surface area contributed by atoms with E-state index in [4.69, 9.17) is 10.4 Å². The number of carboxylic acids is 1. The van der Waals surface area contributed by atoms with E-state index < -0.39 is 5.97 Å². The first-order valence-electron chi connectivity index (χ1n) is 5.13. The number of aryl methyl sites for hydroxylation is 1. The first-order valence-corrected chi connectivity index (χ1v) is 5.13. The van der Waals surface area contributed by atoms with Crippen LogP contribution in [0, 0.1) is 11.3 Å². The number of hydrogen-bond donors (Lipinski definition) is 2. The predicted molar refractivity (Wildman–Crippen MR) is 54.8 cm³/mol. The summed E-state index contributed by atoms with van der Waals surface area (Å²) in [5, 5.41) is 24.7. The number of nitrogens with zero attached hydrogens (tertiary/aromatic N) is 3. The van der Waals surface area contributed by atoms with Crippen LogP contribution in [0.5, 0.6) is 0 Å². The monoisotopic (exact) mass is 220 g/mol. The van der Waals surface area contributed by atoms with Crippen LogP contribution in [0.3, 0.4) is 0 Å². The molecule has 0 bridgehead atoms. The fourth-order valence-electron chi connectivity index (χ4n) is 1.93. The van der Waals surface area contributed by atoms with Gasteiger partial charge in [-0.3, -0.25) is 4.68 Å². The van der Waals surface area contributed by atoms with Crippen LogP contribution in [0.4, 0.5) is 0 Å². The van der Waals surface area contributed by atoms with E-state index in [9.17, 15) is 4.79 Å². The van der Waals surface area contributed by atoms with E-state index in [0.29, 0.717) is 19.5 Å². The van der Waals surface area contributed by atoms with Crippen molar-refractivity contribution in [3.8, 4) is 6.07 Å². The number of aromatic carboxylic acids is 1. The Kier molecular flexibility index (Phi) is 2.88. The van der Waals surface area contributed by atoms with Crippen molar-refractivity contribution in [3.63, 3.8) is 0 Å². The van der Waals surface area contributed by atoms with E-state index in [1.807, 2.05) is 6.07 Å². The summed E-state index contributed by atoms with van der Waals surface area (Å²) >= 11 is 0. The molecule has 84 valence electrons. The molecule has 1 aromatic rings. The molecule has 0 saturated carbocycles. The summed E-state index contributed by atoms with van der Waals surface area (Å²) in [6.45, 7) is 1.83. The van der Waals surface area contributed by atoms with Gasteiger partial charge in [0.15, 0.2) is 5.69 Å². The zero-order valence-electron chi connectivity index (χ0n) is 8.73. The highest BCUT2D eigenvalue weighted by Gasteiger charge is 2.23. The Hall–Kier alpha value is -1.87. The zero-order valence-corrected chi connectivity index (χ0v) is 8.73. The Morgan fingerprint density at radius 1 is 1.69 bits per heavy atom. The fraction of sp³-hybridized carbons (Fsp3) is 0.500. The molecule has 0 aliphatic carbocycles. The third-order valence-corrected chi connectivity index (χ3v) is 2.64. The molecule has 0 spiro atoms. The van der Waals surface area contributed by atoms with Crippen LogP contribution in [-0.4, -0.2) is 27.4 Å². The normalized spacial score (nSPS) is 14.2. The van der Waals surface area contributed by atoms with Crippen molar-refractivity contribution in [2.75, 3.05) is 6.54 Å². The van der Waals surface area contributed by atoms with Crippen LogP contribution >= 0.6 is 0 Å². The summed E-state index contributed by atoms with van der Waals surface area (Å²) in [5.41, 5.74) is 1.82. The third kappa shape index (κ3) is 1.77. The lowest BCUT2D eigenvalue weighted by Crippen LogP contribution is -2.25. The molecule has 2 N–H and O–H groups in total. The quantitative estimate of drug-likeness (QED) is 0.756. The molecular formula is C10H12N4O2. The minimum absolute atomic E-state index is 0.111. The van der Waals surface area contributed by atoms with Gasteiger partial charge in [-0.15, -0.1) is 0 Å². The Labute approximate surface area is 92.5 Å². The SMILES string of the molecule is N#CCCn1nc(C(=O)O)c2c1CCNC2. The average molecular weight is 220 g/mol. The smallest absolute Gasteiger partial charge is 0.356 e. The minimum atomic E-state index is -1.00. The summed E-state index contributed by atoms with van der Waals surface area (Å²) in [5.74, 6) is -1.00. The van der Waals surface area contributed by atoms with Crippen molar-refractivity contribution < 1.29 is 9.90 Å². The van der Waals surface area contributed by atoms with Gasteiger partial charge in [0, 0.05) is 30.8 Å². The van der Waals surface area contributed by atoms with E-state index in [1.54, 1.807) is 4.68 Å². The lowest BCUT2D eigenvalue weighted by Gasteiger charge is -2.14. The number of rotatable bonds is 3. The lowest BCUT2D eigenvalue weighted by molar-refractivity contribution is 0.0688. The van der Waals surface area contributed by atoms with E-state index >= 15 is 0 Å². The van der Waals surface area contributed by atoms with Gasteiger partial charge in [0.05, 0.1) is 19.0 Å². The van der Waals surface area contributed by atoms with Crippen LogP contribution in [0.2, 0.25) is 0 Å². The van der Waals surface area contributed by atoms with Gasteiger partial charge in [-0.2, -0.15) is 10.4 Å². The van der Waals surface area contributed by atoms with Gasteiger partial charge >= 0.3 is 5.97 Å². The molecule has 0 saturated heterocycles. The maximum Gasteiger partial charge on any atom is 0.356 e. The van der Waals surface area contributed by atoms with Crippen LogP contribution in [-0.2, 0) is 19.5 Å². The third-order valence-electron chi connectivity index (χ3n) is 2.64. The van der Waals surface area contributed by atoms with Crippen molar-refractivity contribution in [2.45, 2.75) is 25.9 Å². The first-order chi connectivity index (χ1) is 7.74. The molecule has 0 radical (unpaired) electrons. The second-order valence-electron chi connectivity index (χ2n) is 3.64. The zero-order chi connectivity index (χ0) is 11.5. The first kappa shape index (κ1) is 10.6. The summed E-state index contributed by atoms with van der Waals surface area (Å²) in [6, 6.07) is 2.04. The summed E-state index contributed by atoms with van der Waals surface area (Å²) in [7, 11) is 0. The van der Waals surface area contributed by atoms with Crippen molar-refractivity contribution in [3.05, 3.63) is 17.0 Å². The molecule has 1 aliphatic rings. The van der Waals surface area contributed by atoms with Crippen molar-refractivity contribution >= 4 is 5.97 Å². The second-order valence-corrected chi connectivity index (χ2v) is 3.64. The van der Waals surface area contributed by atoms with Gasteiger partial charge in [-0.1, -0.05) is 0 Å². The molecule has 16 heavy (non-hydrogen) atoms. The van der Waals surface area contributed by atoms with E-state index in [2.05, 4.69) is 10.4 Å². The standard InChI is InChI=1S/C10H12N4O2/c11-3-1-5-14-8-2-4-12-6-7(8)9(13-14)10(15)16/h12H,1-2,4-6H2,(H,15,16). The topological polar surface area (TPSA) is 90.9 Å². The Bertz CT molecular complexity index is 458. The molecule has 1 aromatic heterocycles. The van der Waals surface area contributed by atoms with Gasteiger partial charge in [-0.05, 0) is 0 Å². The van der Waals surface area contributed by atoms with Gasteiger partial charge < -0.3 is 10.4 Å².